The standard InChI is InChI=1S/C36H45N5O4S/c1-4-5-6-7-11-28-14-16-29(17-15-28)35(43)40-23-22-39(26-27(40)2)33(42)13-8-9-25-46-36-38-37-34(32-12-10-24-45-32)41(36)30-18-20-31(44-3)21-19-30/h10,12,14-21,24,27H,4-9,11,13,22-23,25-26H2,1-3H3. The van der Waals surface area contributed by atoms with Gasteiger partial charge in [-0.15, -0.1) is 10.2 Å². The summed E-state index contributed by atoms with van der Waals surface area (Å²) in [5, 5.41) is 9.62. The monoisotopic (exact) mass is 643 g/mol. The first-order valence-electron chi connectivity index (χ1n) is 16.4. The van der Waals surface area contributed by atoms with Crippen LogP contribution in [0, 0.1) is 0 Å². The molecule has 1 atom stereocenters. The number of piperazine rings is 1. The predicted octanol–water partition coefficient (Wildman–Crippen LogP) is 7.29. The van der Waals surface area contributed by atoms with Gasteiger partial charge in [-0.25, -0.2) is 0 Å². The molecule has 0 saturated carbocycles. The summed E-state index contributed by atoms with van der Waals surface area (Å²) in [6.07, 6.45) is 9.76. The Kier molecular flexibility index (Phi) is 11.9. The van der Waals surface area contributed by atoms with Crippen molar-refractivity contribution in [3.05, 3.63) is 78.1 Å². The zero-order valence-electron chi connectivity index (χ0n) is 27.2. The van der Waals surface area contributed by atoms with Gasteiger partial charge in [0.1, 0.15) is 5.75 Å². The van der Waals surface area contributed by atoms with Gasteiger partial charge < -0.3 is 19.0 Å². The number of hydrogen-bond donors (Lipinski definition) is 0. The lowest BCUT2D eigenvalue weighted by Gasteiger charge is -2.40. The van der Waals surface area contributed by atoms with Crippen LogP contribution in [0.25, 0.3) is 17.3 Å². The molecule has 1 fully saturated rings. The van der Waals surface area contributed by atoms with Crippen molar-refractivity contribution < 1.29 is 18.7 Å². The van der Waals surface area contributed by atoms with E-state index in [4.69, 9.17) is 9.15 Å². The van der Waals surface area contributed by atoms with Crippen molar-refractivity contribution in [2.45, 2.75) is 76.4 Å². The summed E-state index contributed by atoms with van der Waals surface area (Å²) in [6, 6.07) is 19.5. The molecule has 1 aliphatic rings. The van der Waals surface area contributed by atoms with Gasteiger partial charge >= 0.3 is 0 Å². The molecule has 0 spiro atoms. The number of unbranched alkanes of at least 4 members (excludes halogenated alkanes) is 4. The maximum atomic E-state index is 13.3. The molecule has 4 aromatic rings. The van der Waals surface area contributed by atoms with Crippen molar-refractivity contribution in [2.24, 2.45) is 0 Å². The minimum atomic E-state index is -0.0258. The average molecular weight is 644 g/mol. The number of ether oxygens (including phenoxy) is 1. The quantitative estimate of drug-likeness (QED) is 0.0992. The number of furan rings is 1. The van der Waals surface area contributed by atoms with Gasteiger partial charge in [-0.1, -0.05) is 50.1 Å². The van der Waals surface area contributed by atoms with Crippen LogP contribution in [0.15, 0.2) is 76.5 Å². The summed E-state index contributed by atoms with van der Waals surface area (Å²) < 4.78 is 12.9. The van der Waals surface area contributed by atoms with Crippen LogP contribution in [-0.2, 0) is 11.2 Å². The summed E-state index contributed by atoms with van der Waals surface area (Å²) in [5.41, 5.74) is 2.92. The van der Waals surface area contributed by atoms with Crippen LogP contribution in [0.1, 0.15) is 74.7 Å². The highest BCUT2D eigenvalue weighted by atomic mass is 32.2. The van der Waals surface area contributed by atoms with Gasteiger partial charge in [0.05, 0.1) is 19.1 Å². The van der Waals surface area contributed by atoms with E-state index in [9.17, 15) is 9.59 Å². The number of aryl methyl sites for hydroxylation is 1. The molecule has 9 nitrogen and oxygen atoms in total. The van der Waals surface area contributed by atoms with Crippen LogP contribution in [0.5, 0.6) is 5.75 Å². The van der Waals surface area contributed by atoms with Crippen molar-refractivity contribution in [1.82, 2.24) is 24.6 Å². The third kappa shape index (κ3) is 8.40. The predicted molar refractivity (Wildman–Crippen MR) is 182 cm³/mol. The van der Waals surface area contributed by atoms with E-state index < -0.39 is 0 Å². The highest BCUT2D eigenvalue weighted by Gasteiger charge is 2.30. The Morgan fingerprint density at radius 1 is 0.957 bits per heavy atom. The summed E-state index contributed by atoms with van der Waals surface area (Å²) in [5.74, 6) is 3.05. The number of benzene rings is 2. The SMILES string of the molecule is CCCCCCc1ccc(C(=O)N2CCN(C(=O)CCCCSc3nnc(-c4ccco4)n3-c3ccc(OC)cc3)CC2C)cc1. The molecule has 5 rings (SSSR count). The lowest BCUT2D eigenvalue weighted by atomic mass is 10.0. The first-order chi connectivity index (χ1) is 22.5. The maximum absolute atomic E-state index is 13.3. The fraction of sp³-hybridized carbons (Fsp3) is 0.444. The van der Waals surface area contributed by atoms with Crippen LogP contribution in [0.2, 0.25) is 0 Å². The van der Waals surface area contributed by atoms with Gasteiger partial charge in [0, 0.05) is 43.4 Å². The Hall–Kier alpha value is -4.05. The summed E-state index contributed by atoms with van der Waals surface area (Å²) in [4.78, 5) is 30.2. The molecule has 2 amide bonds. The normalized spacial score (nSPS) is 14.9. The molecule has 0 aliphatic carbocycles. The van der Waals surface area contributed by atoms with E-state index in [1.165, 1.54) is 31.2 Å². The molecule has 0 N–H and O–H groups in total. The van der Waals surface area contributed by atoms with Crippen molar-refractivity contribution >= 4 is 23.6 Å². The Morgan fingerprint density at radius 3 is 2.46 bits per heavy atom. The zero-order valence-corrected chi connectivity index (χ0v) is 28.0. The average Bonchev–Trinajstić information content (AvgIpc) is 3.77. The summed E-state index contributed by atoms with van der Waals surface area (Å²) in [6.45, 7) is 5.94. The fourth-order valence-electron chi connectivity index (χ4n) is 5.81. The van der Waals surface area contributed by atoms with Crippen molar-refractivity contribution in [3.63, 3.8) is 0 Å². The molecule has 0 radical (unpaired) electrons. The van der Waals surface area contributed by atoms with Gasteiger partial charge in [0.15, 0.2) is 10.9 Å². The lowest BCUT2D eigenvalue weighted by molar-refractivity contribution is -0.133. The second-order valence-corrected chi connectivity index (χ2v) is 12.9. The van der Waals surface area contributed by atoms with Gasteiger partial charge in [-0.2, -0.15) is 0 Å². The molecule has 2 aromatic carbocycles. The Balaban J connectivity index is 1.07. The third-order valence-corrected chi connectivity index (χ3v) is 9.50. The van der Waals surface area contributed by atoms with Crippen LogP contribution < -0.4 is 4.74 Å². The number of carbonyl (C=O) groups is 2. The van der Waals surface area contributed by atoms with Gasteiger partial charge in [-0.3, -0.25) is 14.2 Å². The van der Waals surface area contributed by atoms with Crippen LogP contribution in [0.4, 0.5) is 0 Å². The van der Waals surface area contributed by atoms with E-state index in [1.807, 2.05) is 69.8 Å². The highest BCUT2D eigenvalue weighted by molar-refractivity contribution is 7.99. The number of aromatic nitrogens is 3. The minimum absolute atomic E-state index is 0.0258. The van der Waals surface area contributed by atoms with E-state index in [0.29, 0.717) is 37.6 Å². The van der Waals surface area contributed by atoms with E-state index in [2.05, 4.69) is 29.3 Å². The van der Waals surface area contributed by atoms with E-state index in [1.54, 1.807) is 25.1 Å². The summed E-state index contributed by atoms with van der Waals surface area (Å²) >= 11 is 1.61. The number of thioether (sulfide) groups is 1. The van der Waals surface area contributed by atoms with Crippen LogP contribution >= 0.6 is 11.8 Å². The molecule has 10 heteroatoms. The van der Waals surface area contributed by atoms with Crippen LogP contribution in [0.3, 0.4) is 0 Å². The Labute approximate surface area is 276 Å². The number of amides is 2. The number of nitrogens with zero attached hydrogens (tertiary/aromatic N) is 5. The smallest absolute Gasteiger partial charge is 0.254 e. The van der Waals surface area contributed by atoms with E-state index in [-0.39, 0.29) is 17.9 Å². The number of methoxy groups -OCH3 is 1. The zero-order chi connectivity index (χ0) is 32.3. The Morgan fingerprint density at radius 2 is 1.76 bits per heavy atom. The van der Waals surface area contributed by atoms with Crippen LogP contribution in [-0.4, -0.2) is 74.9 Å². The van der Waals surface area contributed by atoms with Gasteiger partial charge in [-0.05, 0) is 86.7 Å². The number of rotatable bonds is 15. The Bertz CT molecular complexity index is 1540. The van der Waals surface area contributed by atoms with Crippen molar-refractivity contribution in [1.29, 1.82) is 0 Å². The molecular weight excluding hydrogens is 598 g/mol. The molecule has 244 valence electrons. The molecular formula is C36H45N5O4S. The minimum Gasteiger partial charge on any atom is -0.497 e. The topological polar surface area (TPSA) is 93.7 Å². The second-order valence-electron chi connectivity index (χ2n) is 11.8. The molecule has 1 unspecified atom stereocenters. The molecule has 46 heavy (non-hydrogen) atoms. The van der Waals surface area contributed by atoms with Crippen molar-refractivity contribution in [3.8, 4) is 23.0 Å². The molecule has 2 aromatic heterocycles. The molecule has 3 heterocycles. The fourth-order valence-corrected chi connectivity index (χ4v) is 6.76. The molecule has 0 bridgehead atoms. The lowest BCUT2D eigenvalue weighted by Crippen LogP contribution is -2.55. The van der Waals surface area contributed by atoms with Crippen molar-refractivity contribution in [2.75, 3.05) is 32.5 Å². The molecule has 1 aliphatic heterocycles. The second kappa shape index (κ2) is 16.5. The first-order valence-corrected chi connectivity index (χ1v) is 17.4. The third-order valence-electron chi connectivity index (χ3n) is 8.48. The first kappa shape index (κ1) is 33.3. The van der Waals surface area contributed by atoms with E-state index in [0.717, 1.165) is 47.2 Å². The summed E-state index contributed by atoms with van der Waals surface area (Å²) in [7, 11) is 1.64. The van der Waals surface area contributed by atoms with Gasteiger partial charge in [0.2, 0.25) is 11.7 Å². The van der Waals surface area contributed by atoms with Gasteiger partial charge in [0.25, 0.3) is 5.91 Å². The number of hydrogen-bond acceptors (Lipinski definition) is 7. The maximum Gasteiger partial charge on any atom is 0.254 e. The van der Waals surface area contributed by atoms with E-state index >= 15 is 0 Å². The number of carbonyl (C=O) groups excluding carboxylic acids is 2. The molecule has 1 saturated heterocycles. The largest absolute Gasteiger partial charge is 0.497 e. The highest BCUT2D eigenvalue weighted by Crippen LogP contribution is 2.30.